The smallest absolute Gasteiger partial charge is 0.229 e. The molecule has 6 rings (SSSR count). The molecule has 0 spiro atoms. The maximum Gasteiger partial charge on any atom is 0.229 e. The molecule has 1 unspecified atom stereocenters. The molecule has 2 aromatic carbocycles. The number of rotatable bonds is 8. The Labute approximate surface area is 252 Å². The molecule has 1 atom stereocenters. The molecule has 0 bridgehead atoms. The van der Waals surface area contributed by atoms with Gasteiger partial charge in [-0.1, -0.05) is 17.7 Å². The minimum absolute atomic E-state index is 0.405. The molecule has 42 heavy (non-hydrogen) atoms. The number of morpholine rings is 2. The van der Waals surface area contributed by atoms with Gasteiger partial charge in [0.05, 0.1) is 58.2 Å². The molecule has 11 heteroatoms. The fraction of sp³-hybridized carbons (Fsp3) is 0.484. The van der Waals surface area contributed by atoms with Crippen LogP contribution in [0.1, 0.15) is 24.0 Å². The molecule has 3 aromatic rings. The first kappa shape index (κ1) is 28.8. The van der Waals surface area contributed by atoms with E-state index in [0.29, 0.717) is 28.6 Å². The quantitative estimate of drug-likeness (QED) is 0.345. The van der Waals surface area contributed by atoms with Crippen molar-refractivity contribution in [3.8, 4) is 11.5 Å². The Balaban J connectivity index is 1.21. The van der Waals surface area contributed by atoms with Crippen LogP contribution in [0.2, 0.25) is 5.02 Å². The van der Waals surface area contributed by atoms with E-state index in [-0.39, 0.29) is 0 Å². The van der Waals surface area contributed by atoms with E-state index in [9.17, 15) is 0 Å². The standard InChI is InChI=1S/C31H39ClN6O4/c1-39-28-19-23(38-12-16-42-17-13-38)7-9-26(28)34-30-25(32)20-33-31(36-30)35-27-8-6-21-18-22(37-10-14-41-15-11-37)4-3-5-24(21)29(27)40-2/h6-9,19-20,22H,3-5,10-18H2,1-2H3,(H2,33,34,35,36). The molecule has 10 nitrogen and oxygen atoms in total. The SMILES string of the molecule is COc1cc(N2CCOCC2)ccc1Nc1nc(Nc2ccc3c(c2OC)CCCC(N2CCOCC2)C3)ncc1Cl. The van der Waals surface area contributed by atoms with Crippen molar-refractivity contribution < 1.29 is 18.9 Å². The van der Waals surface area contributed by atoms with E-state index < -0.39 is 0 Å². The molecule has 1 aliphatic carbocycles. The highest BCUT2D eigenvalue weighted by Crippen LogP contribution is 2.38. The highest BCUT2D eigenvalue weighted by atomic mass is 35.5. The molecular weight excluding hydrogens is 556 g/mol. The van der Waals surface area contributed by atoms with Crippen LogP contribution in [0.5, 0.6) is 11.5 Å². The van der Waals surface area contributed by atoms with E-state index in [1.807, 2.05) is 12.1 Å². The van der Waals surface area contributed by atoms with Crippen LogP contribution in [0.3, 0.4) is 0 Å². The molecule has 3 aliphatic rings. The Morgan fingerprint density at radius 1 is 0.929 bits per heavy atom. The van der Waals surface area contributed by atoms with Gasteiger partial charge in [-0.15, -0.1) is 0 Å². The van der Waals surface area contributed by atoms with Gasteiger partial charge < -0.3 is 34.5 Å². The maximum atomic E-state index is 6.53. The number of anilines is 5. The largest absolute Gasteiger partial charge is 0.494 e. The molecule has 2 N–H and O–H groups in total. The fourth-order valence-corrected chi connectivity index (χ4v) is 6.29. The van der Waals surface area contributed by atoms with Crippen molar-refractivity contribution in [2.45, 2.75) is 31.7 Å². The van der Waals surface area contributed by atoms with Gasteiger partial charge in [-0.3, -0.25) is 4.90 Å². The zero-order valence-corrected chi connectivity index (χ0v) is 25.1. The van der Waals surface area contributed by atoms with Crippen molar-refractivity contribution in [1.82, 2.24) is 14.9 Å². The molecule has 0 radical (unpaired) electrons. The summed E-state index contributed by atoms with van der Waals surface area (Å²) in [5.41, 5.74) is 5.29. The summed E-state index contributed by atoms with van der Waals surface area (Å²) >= 11 is 6.53. The van der Waals surface area contributed by atoms with Gasteiger partial charge in [0.15, 0.2) is 5.82 Å². The van der Waals surface area contributed by atoms with E-state index in [0.717, 1.165) is 94.7 Å². The first-order valence-corrected chi connectivity index (χ1v) is 15.1. The lowest BCUT2D eigenvalue weighted by Crippen LogP contribution is -2.44. The zero-order valence-electron chi connectivity index (χ0n) is 24.3. The topological polar surface area (TPSA) is 93.2 Å². The van der Waals surface area contributed by atoms with Crippen LogP contribution in [0.4, 0.5) is 28.8 Å². The molecule has 2 aliphatic heterocycles. The van der Waals surface area contributed by atoms with Gasteiger partial charge in [0, 0.05) is 44.0 Å². The number of methoxy groups -OCH3 is 2. The van der Waals surface area contributed by atoms with Crippen LogP contribution < -0.4 is 25.0 Å². The Hall–Kier alpha value is -3.31. The van der Waals surface area contributed by atoms with Crippen LogP contribution >= 0.6 is 11.6 Å². The first-order valence-electron chi connectivity index (χ1n) is 14.7. The minimum atomic E-state index is 0.405. The number of halogens is 1. The molecule has 0 saturated carbocycles. The second-order valence-electron chi connectivity index (χ2n) is 10.8. The van der Waals surface area contributed by atoms with E-state index in [4.69, 9.17) is 35.5 Å². The van der Waals surface area contributed by atoms with Gasteiger partial charge in [0.25, 0.3) is 0 Å². The maximum absolute atomic E-state index is 6.53. The number of nitrogens with one attached hydrogen (secondary N) is 2. The van der Waals surface area contributed by atoms with Crippen LogP contribution in [-0.2, 0) is 22.3 Å². The van der Waals surface area contributed by atoms with Crippen LogP contribution in [0, 0.1) is 0 Å². The van der Waals surface area contributed by atoms with Gasteiger partial charge in [0.1, 0.15) is 16.5 Å². The second kappa shape index (κ2) is 13.3. The normalized spacial score (nSPS) is 19.5. The Bertz CT molecular complexity index is 1380. The predicted octanol–water partition coefficient (Wildman–Crippen LogP) is 5.05. The van der Waals surface area contributed by atoms with Gasteiger partial charge in [-0.2, -0.15) is 4.98 Å². The summed E-state index contributed by atoms with van der Waals surface area (Å²) in [5.74, 6) is 2.45. The van der Waals surface area contributed by atoms with Crippen molar-refractivity contribution in [2.75, 3.05) is 82.4 Å². The van der Waals surface area contributed by atoms with Crippen molar-refractivity contribution in [3.05, 3.63) is 52.7 Å². The number of benzene rings is 2. The second-order valence-corrected chi connectivity index (χ2v) is 11.2. The third-order valence-electron chi connectivity index (χ3n) is 8.35. The summed E-state index contributed by atoms with van der Waals surface area (Å²) in [6.45, 7) is 6.79. The highest BCUT2D eigenvalue weighted by Gasteiger charge is 2.27. The number of ether oxygens (including phenoxy) is 4. The summed E-state index contributed by atoms with van der Waals surface area (Å²) < 4.78 is 22.7. The molecular formula is C31H39ClN6O4. The van der Waals surface area contributed by atoms with Gasteiger partial charge in [-0.05, 0) is 55.0 Å². The lowest BCUT2D eigenvalue weighted by molar-refractivity contribution is 0.0149. The molecule has 2 saturated heterocycles. The summed E-state index contributed by atoms with van der Waals surface area (Å²) in [6, 6.07) is 10.9. The monoisotopic (exact) mass is 594 g/mol. The third kappa shape index (κ3) is 6.36. The summed E-state index contributed by atoms with van der Waals surface area (Å²) in [4.78, 5) is 14.0. The molecule has 0 amide bonds. The predicted molar refractivity (Wildman–Crippen MR) is 165 cm³/mol. The van der Waals surface area contributed by atoms with Crippen LogP contribution in [0.25, 0.3) is 0 Å². The Kier molecular flexibility index (Phi) is 9.14. The summed E-state index contributed by atoms with van der Waals surface area (Å²) in [7, 11) is 3.39. The minimum Gasteiger partial charge on any atom is -0.494 e. The van der Waals surface area contributed by atoms with E-state index >= 15 is 0 Å². The molecule has 3 heterocycles. The number of aromatic nitrogens is 2. The number of hydrogen-bond donors (Lipinski definition) is 2. The van der Waals surface area contributed by atoms with Gasteiger partial charge in [-0.25, -0.2) is 4.98 Å². The molecule has 224 valence electrons. The van der Waals surface area contributed by atoms with E-state index in [2.05, 4.69) is 43.6 Å². The highest BCUT2D eigenvalue weighted by molar-refractivity contribution is 6.33. The Morgan fingerprint density at radius 3 is 2.45 bits per heavy atom. The Morgan fingerprint density at radius 2 is 1.69 bits per heavy atom. The fourth-order valence-electron chi connectivity index (χ4n) is 6.15. The first-order chi connectivity index (χ1) is 20.6. The van der Waals surface area contributed by atoms with Crippen molar-refractivity contribution >= 4 is 40.4 Å². The number of nitrogens with zero attached hydrogens (tertiary/aromatic N) is 4. The molecule has 1 aromatic heterocycles. The lowest BCUT2D eigenvalue weighted by atomic mass is 9.99. The average molecular weight is 595 g/mol. The van der Waals surface area contributed by atoms with E-state index in [1.165, 1.54) is 17.5 Å². The number of fused-ring (bicyclic) bond motifs is 1. The summed E-state index contributed by atoms with van der Waals surface area (Å²) in [5, 5.41) is 7.12. The van der Waals surface area contributed by atoms with Crippen molar-refractivity contribution in [2.24, 2.45) is 0 Å². The average Bonchev–Trinajstić information content (AvgIpc) is 3.26. The van der Waals surface area contributed by atoms with Crippen molar-refractivity contribution in [3.63, 3.8) is 0 Å². The van der Waals surface area contributed by atoms with Crippen LogP contribution in [0.15, 0.2) is 36.5 Å². The van der Waals surface area contributed by atoms with E-state index in [1.54, 1.807) is 20.4 Å². The third-order valence-corrected chi connectivity index (χ3v) is 8.62. The lowest BCUT2D eigenvalue weighted by Gasteiger charge is -2.34. The van der Waals surface area contributed by atoms with Crippen LogP contribution in [-0.4, -0.2) is 87.7 Å². The zero-order chi connectivity index (χ0) is 28.9. The summed E-state index contributed by atoms with van der Waals surface area (Å²) in [6.07, 6.45) is 5.88. The van der Waals surface area contributed by atoms with Crippen molar-refractivity contribution in [1.29, 1.82) is 0 Å². The number of hydrogen-bond acceptors (Lipinski definition) is 10. The van der Waals surface area contributed by atoms with Gasteiger partial charge >= 0.3 is 0 Å². The van der Waals surface area contributed by atoms with Gasteiger partial charge in [0.2, 0.25) is 5.95 Å². The molecule has 2 fully saturated rings.